The second-order valence-electron chi connectivity index (χ2n) is 4.67. The fourth-order valence-electron chi connectivity index (χ4n) is 2.39. The Morgan fingerprint density at radius 2 is 2.29 bits per heavy atom. The fourth-order valence-corrected chi connectivity index (χ4v) is 2.39. The van der Waals surface area contributed by atoms with Crippen LogP contribution in [0, 0.1) is 5.92 Å². The van der Waals surface area contributed by atoms with Crippen LogP contribution >= 0.6 is 0 Å². The van der Waals surface area contributed by atoms with Gasteiger partial charge in [-0.1, -0.05) is 13.3 Å². The summed E-state index contributed by atoms with van der Waals surface area (Å²) in [5.41, 5.74) is 2.50. The first-order chi connectivity index (χ1) is 8.35. The van der Waals surface area contributed by atoms with Gasteiger partial charge in [0.25, 0.3) is 0 Å². The molecule has 0 aromatic carbocycles. The largest absolute Gasteiger partial charge is 0.396 e. The van der Waals surface area contributed by atoms with Gasteiger partial charge in [-0.15, -0.1) is 0 Å². The molecular formula is C13H21N3O. The summed E-state index contributed by atoms with van der Waals surface area (Å²) in [6, 6.07) is 0. The summed E-state index contributed by atoms with van der Waals surface area (Å²) in [4.78, 5) is 8.64. The Bertz CT molecular complexity index is 368. The summed E-state index contributed by atoms with van der Waals surface area (Å²) in [5.74, 6) is 1.52. The Morgan fingerprint density at radius 3 is 3.06 bits per heavy atom. The van der Waals surface area contributed by atoms with E-state index in [-0.39, 0.29) is 6.61 Å². The third-order valence-electron chi connectivity index (χ3n) is 3.55. The molecule has 2 rings (SSSR count). The van der Waals surface area contributed by atoms with Crippen LogP contribution in [0.3, 0.4) is 0 Å². The first kappa shape index (κ1) is 12.3. The molecule has 0 aliphatic heterocycles. The van der Waals surface area contributed by atoms with Crippen LogP contribution < -0.4 is 5.32 Å². The van der Waals surface area contributed by atoms with Crippen molar-refractivity contribution in [1.29, 1.82) is 0 Å². The molecule has 0 saturated heterocycles. The molecule has 2 N–H and O–H groups in total. The van der Waals surface area contributed by atoms with Gasteiger partial charge in [-0.05, 0) is 31.6 Å². The van der Waals surface area contributed by atoms with E-state index in [1.54, 1.807) is 6.33 Å². The van der Waals surface area contributed by atoms with Gasteiger partial charge in [0, 0.05) is 24.4 Å². The number of hydrogen-bond donors (Lipinski definition) is 2. The molecule has 0 amide bonds. The van der Waals surface area contributed by atoms with Crippen molar-refractivity contribution < 1.29 is 5.11 Å². The van der Waals surface area contributed by atoms with Crippen LogP contribution in [0.2, 0.25) is 0 Å². The third kappa shape index (κ3) is 2.94. The zero-order valence-electron chi connectivity index (χ0n) is 10.4. The van der Waals surface area contributed by atoms with E-state index < -0.39 is 0 Å². The number of aliphatic hydroxyl groups is 1. The van der Waals surface area contributed by atoms with Crippen LogP contribution in [0.5, 0.6) is 0 Å². The molecule has 1 unspecified atom stereocenters. The summed E-state index contributed by atoms with van der Waals surface area (Å²) in [6.07, 6.45) is 6.96. The molecule has 1 aliphatic rings. The van der Waals surface area contributed by atoms with Crippen LogP contribution in [0.15, 0.2) is 6.33 Å². The Balaban J connectivity index is 1.97. The standard InChI is InChI=1S/C13H21N3O/c1-2-10(6-7-17)8-14-13-11-4-3-5-12(11)15-9-16-13/h9-10,17H,2-8H2,1H3,(H,14,15,16). The first-order valence-corrected chi connectivity index (χ1v) is 6.52. The number of aromatic nitrogens is 2. The van der Waals surface area contributed by atoms with Gasteiger partial charge in [0.15, 0.2) is 0 Å². The van der Waals surface area contributed by atoms with Crippen molar-refractivity contribution >= 4 is 5.82 Å². The van der Waals surface area contributed by atoms with Gasteiger partial charge in [0.1, 0.15) is 12.1 Å². The Kier molecular flexibility index (Phi) is 4.31. The van der Waals surface area contributed by atoms with Crippen molar-refractivity contribution in [3.63, 3.8) is 0 Å². The highest BCUT2D eigenvalue weighted by molar-refractivity contribution is 5.47. The predicted molar refractivity (Wildman–Crippen MR) is 68.0 cm³/mol. The number of nitrogens with zero attached hydrogens (tertiary/aromatic N) is 2. The van der Waals surface area contributed by atoms with E-state index in [2.05, 4.69) is 22.2 Å². The molecule has 17 heavy (non-hydrogen) atoms. The molecule has 1 aromatic heterocycles. The number of fused-ring (bicyclic) bond motifs is 1. The maximum atomic E-state index is 8.97. The summed E-state index contributed by atoms with van der Waals surface area (Å²) < 4.78 is 0. The van der Waals surface area contributed by atoms with E-state index in [0.717, 1.165) is 38.0 Å². The Morgan fingerprint density at radius 1 is 1.41 bits per heavy atom. The van der Waals surface area contributed by atoms with Crippen molar-refractivity contribution in [1.82, 2.24) is 9.97 Å². The molecule has 0 saturated carbocycles. The molecule has 94 valence electrons. The van der Waals surface area contributed by atoms with Gasteiger partial charge in [0.05, 0.1) is 0 Å². The number of hydrogen-bond acceptors (Lipinski definition) is 4. The summed E-state index contributed by atoms with van der Waals surface area (Å²) >= 11 is 0. The molecule has 0 radical (unpaired) electrons. The maximum Gasteiger partial charge on any atom is 0.132 e. The molecule has 4 heteroatoms. The zero-order chi connectivity index (χ0) is 12.1. The molecule has 1 atom stereocenters. The second-order valence-corrected chi connectivity index (χ2v) is 4.67. The quantitative estimate of drug-likeness (QED) is 0.789. The summed E-state index contributed by atoms with van der Waals surface area (Å²) in [5, 5.41) is 12.4. The average molecular weight is 235 g/mol. The van der Waals surface area contributed by atoms with E-state index in [0.29, 0.717) is 5.92 Å². The Hall–Kier alpha value is -1.16. The average Bonchev–Trinajstić information content (AvgIpc) is 2.83. The zero-order valence-corrected chi connectivity index (χ0v) is 10.4. The Labute approximate surface area is 102 Å². The monoisotopic (exact) mass is 235 g/mol. The second kappa shape index (κ2) is 5.96. The lowest BCUT2D eigenvalue weighted by atomic mass is 10.0. The lowest BCUT2D eigenvalue weighted by Gasteiger charge is -2.16. The van der Waals surface area contributed by atoms with Crippen molar-refractivity contribution in [2.24, 2.45) is 5.92 Å². The molecule has 1 aliphatic carbocycles. The highest BCUT2D eigenvalue weighted by Crippen LogP contribution is 2.25. The van der Waals surface area contributed by atoms with Crippen molar-refractivity contribution in [3.8, 4) is 0 Å². The van der Waals surface area contributed by atoms with E-state index >= 15 is 0 Å². The smallest absolute Gasteiger partial charge is 0.132 e. The van der Waals surface area contributed by atoms with E-state index in [4.69, 9.17) is 5.11 Å². The van der Waals surface area contributed by atoms with E-state index in [1.165, 1.54) is 17.7 Å². The van der Waals surface area contributed by atoms with E-state index in [1.807, 2.05) is 0 Å². The van der Waals surface area contributed by atoms with Crippen LogP contribution in [0.1, 0.15) is 37.4 Å². The topological polar surface area (TPSA) is 58.0 Å². The number of aliphatic hydroxyl groups excluding tert-OH is 1. The SMILES string of the molecule is CCC(CCO)CNc1ncnc2c1CCC2. The van der Waals surface area contributed by atoms with Gasteiger partial charge in [-0.25, -0.2) is 9.97 Å². The lowest BCUT2D eigenvalue weighted by Crippen LogP contribution is -2.16. The maximum absolute atomic E-state index is 8.97. The summed E-state index contributed by atoms with van der Waals surface area (Å²) in [7, 11) is 0. The predicted octanol–water partition coefficient (Wildman–Crippen LogP) is 1.79. The highest BCUT2D eigenvalue weighted by atomic mass is 16.3. The number of rotatable bonds is 6. The van der Waals surface area contributed by atoms with Gasteiger partial charge in [-0.2, -0.15) is 0 Å². The molecule has 0 bridgehead atoms. The number of aryl methyl sites for hydroxylation is 1. The highest BCUT2D eigenvalue weighted by Gasteiger charge is 2.17. The minimum absolute atomic E-state index is 0.266. The molecule has 0 spiro atoms. The van der Waals surface area contributed by atoms with Crippen LogP contribution in [-0.2, 0) is 12.8 Å². The van der Waals surface area contributed by atoms with Crippen molar-refractivity contribution in [2.75, 3.05) is 18.5 Å². The normalized spacial score (nSPS) is 15.6. The minimum atomic E-state index is 0.266. The van der Waals surface area contributed by atoms with Gasteiger partial charge in [0.2, 0.25) is 0 Å². The van der Waals surface area contributed by atoms with Crippen LogP contribution in [0.4, 0.5) is 5.82 Å². The number of nitrogens with one attached hydrogen (secondary N) is 1. The van der Waals surface area contributed by atoms with Gasteiger partial charge in [-0.3, -0.25) is 0 Å². The minimum Gasteiger partial charge on any atom is -0.396 e. The molecule has 4 nitrogen and oxygen atoms in total. The van der Waals surface area contributed by atoms with Crippen molar-refractivity contribution in [3.05, 3.63) is 17.6 Å². The number of anilines is 1. The molecule has 1 aromatic rings. The lowest BCUT2D eigenvalue weighted by molar-refractivity contribution is 0.258. The van der Waals surface area contributed by atoms with Crippen LogP contribution in [0.25, 0.3) is 0 Å². The molecule has 1 heterocycles. The van der Waals surface area contributed by atoms with Gasteiger partial charge < -0.3 is 10.4 Å². The van der Waals surface area contributed by atoms with E-state index in [9.17, 15) is 0 Å². The molecular weight excluding hydrogens is 214 g/mol. The molecule has 0 fully saturated rings. The fraction of sp³-hybridized carbons (Fsp3) is 0.692. The first-order valence-electron chi connectivity index (χ1n) is 6.52. The van der Waals surface area contributed by atoms with Crippen molar-refractivity contribution in [2.45, 2.75) is 39.0 Å². The van der Waals surface area contributed by atoms with Gasteiger partial charge >= 0.3 is 0 Å². The summed E-state index contributed by atoms with van der Waals surface area (Å²) in [6.45, 7) is 3.31. The van der Waals surface area contributed by atoms with Crippen LogP contribution in [-0.4, -0.2) is 28.2 Å². The third-order valence-corrected chi connectivity index (χ3v) is 3.55.